The Hall–Kier alpha value is -1.13. The molecule has 98 valence electrons. The number of nitrogens with zero attached hydrogens (tertiary/aromatic N) is 1. The van der Waals surface area contributed by atoms with E-state index in [0.29, 0.717) is 0 Å². The summed E-state index contributed by atoms with van der Waals surface area (Å²) in [6.45, 7) is 5.55. The van der Waals surface area contributed by atoms with Crippen molar-refractivity contribution < 1.29 is 9.90 Å². The van der Waals surface area contributed by atoms with Crippen LogP contribution in [0, 0.1) is 5.92 Å². The molecule has 1 aliphatic heterocycles. The van der Waals surface area contributed by atoms with Crippen LogP contribution in [0.3, 0.4) is 0 Å². The second-order valence-electron chi connectivity index (χ2n) is 4.95. The van der Waals surface area contributed by atoms with Crippen molar-refractivity contribution in [2.75, 3.05) is 13.1 Å². The van der Waals surface area contributed by atoms with Gasteiger partial charge in [-0.1, -0.05) is 6.92 Å². The average Bonchev–Trinajstić information content (AvgIpc) is 2.74. The lowest BCUT2D eigenvalue weighted by molar-refractivity contribution is -0.131. The van der Waals surface area contributed by atoms with Gasteiger partial charge in [-0.05, 0) is 48.4 Å². The Bertz CT molecular complexity index is 439. The lowest BCUT2D eigenvalue weighted by Crippen LogP contribution is -2.33. The predicted molar refractivity (Wildman–Crippen MR) is 74.7 cm³/mol. The van der Waals surface area contributed by atoms with Crippen LogP contribution in [-0.4, -0.2) is 29.1 Å². The summed E-state index contributed by atoms with van der Waals surface area (Å²) in [4.78, 5) is 14.3. The van der Waals surface area contributed by atoms with Crippen LogP contribution < -0.4 is 0 Å². The van der Waals surface area contributed by atoms with E-state index in [4.69, 9.17) is 5.11 Å². The number of aliphatic carboxylic acids is 1. The summed E-state index contributed by atoms with van der Waals surface area (Å²) in [6, 6.07) is 1.99. The largest absolute Gasteiger partial charge is 0.478 e. The van der Waals surface area contributed by atoms with E-state index in [-0.39, 0.29) is 0 Å². The lowest BCUT2D eigenvalue weighted by atomic mass is 10.0. The molecule has 2 rings (SSSR count). The molecule has 1 saturated heterocycles. The predicted octanol–water partition coefficient (Wildman–Crippen LogP) is 3.08. The maximum absolute atomic E-state index is 10.5. The topological polar surface area (TPSA) is 40.5 Å². The molecule has 4 heteroatoms. The molecule has 0 amide bonds. The van der Waals surface area contributed by atoms with Crippen LogP contribution in [0.1, 0.15) is 30.2 Å². The van der Waals surface area contributed by atoms with Gasteiger partial charge in [0.05, 0.1) is 0 Å². The molecule has 0 bridgehead atoms. The molecule has 1 fully saturated rings. The van der Waals surface area contributed by atoms with E-state index in [1.54, 1.807) is 17.4 Å². The van der Waals surface area contributed by atoms with Crippen LogP contribution in [0.15, 0.2) is 17.5 Å². The fraction of sp³-hybridized carbons (Fsp3) is 0.500. The summed E-state index contributed by atoms with van der Waals surface area (Å²) < 4.78 is 0. The van der Waals surface area contributed by atoms with Gasteiger partial charge in [-0.2, -0.15) is 0 Å². The van der Waals surface area contributed by atoms with Crippen molar-refractivity contribution in [2.45, 2.75) is 26.3 Å². The smallest absolute Gasteiger partial charge is 0.328 e. The standard InChI is InChI=1S/C14H19NO2S/c1-11-3-2-7-15(9-11)10-13-12(6-8-18-13)4-5-14(16)17/h4-6,8,11H,2-3,7,9-10H2,1H3,(H,16,17). The van der Waals surface area contributed by atoms with E-state index in [0.717, 1.165) is 31.1 Å². The number of likely N-dealkylation sites (tertiary alicyclic amines) is 1. The molecule has 0 spiro atoms. The van der Waals surface area contributed by atoms with Gasteiger partial charge in [0, 0.05) is 24.0 Å². The third kappa shape index (κ3) is 3.68. The highest BCUT2D eigenvalue weighted by molar-refractivity contribution is 7.10. The number of carbonyl (C=O) groups is 1. The Morgan fingerprint density at radius 1 is 1.67 bits per heavy atom. The van der Waals surface area contributed by atoms with Crippen LogP contribution in [0.25, 0.3) is 6.08 Å². The van der Waals surface area contributed by atoms with E-state index < -0.39 is 5.97 Å². The second kappa shape index (κ2) is 6.16. The van der Waals surface area contributed by atoms with Crippen molar-refractivity contribution in [3.8, 4) is 0 Å². The van der Waals surface area contributed by atoms with E-state index in [1.165, 1.54) is 23.8 Å². The Morgan fingerprint density at radius 3 is 3.22 bits per heavy atom. The Labute approximate surface area is 112 Å². The summed E-state index contributed by atoms with van der Waals surface area (Å²) in [7, 11) is 0. The van der Waals surface area contributed by atoms with Gasteiger partial charge in [0.15, 0.2) is 0 Å². The minimum Gasteiger partial charge on any atom is -0.478 e. The van der Waals surface area contributed by atoms with Crippen LogP contribution in [0.5, 0.6) is 0 Å². The highest BCUT2D eigenvalue weighted by Gasteiger charge is 2.17. The van der Waals surface area contributed by atoms with Crippen molar-refractivity contribution >= 4 is 23.4 Å². The lowest BCUT2D eigenvalue weighted by Gasteiger charge is -2.30. The van der Waals surface area contributed by atoms with Gasteiger partial charge in [-0.15, -0.1) is 11.3 Å². The molecule has 0 aliphatic carbocycles. The number of hydrogen-bond acceptors (Lipinski definition) is 3. The van der Waals surface area contributed by atoms with Crippen LogP contribution in [0.2, 0.25) is 0 Å². The minimum absolute atomic E-state index is 0.775. The van der Waals surface area contributed by atoms with Gasteiger partial charge < -0.3 is 5.11 Å². The monoisotopic (exact) mass is 265 g/mol. The highest BCUT2D eigenvalue weighted by Crippen LogP contribution is 2.23. The van der Waals surface area contributed by atoms with Gasteiger partial charge >= 0.3 is 5.97 Å². The number of rotatable bonds is 4. The summed E-state index contributed by atoms with van der Waals surface area (Å²) in [5.41, 5.74) is 1.04. The summed E-state index contributed by atoms with van der Waals surface area (Å²) in [6.07, 6.45) is 5.51. The van der Waals surface area contributed by atoms with Crippen molar-refractivity contribution in [1.82, 2.24) is 4.90 Å². The van der Waals surface area contributed by atoms with Gasteiger partial charge in [0.2, 0.25) is 0 Å². The second-order valence-corrected chi connectivity index (χ2v) is 5.95. The van der Waals surface area contributed by atoms with E-state index >= 15 is 0 Å². The Balaban J connectivity index is 2.00. The number of thiophene rings is 1. The zero-order valence-electron chi connectivity index (χ0n) is 10.6. The van der Waals surface area contributed by atoms with Crippen molar-refractivity contribution in [3.63, 3.8) is 0 Å². The number of carboxylic acid groups (broad SMARTS) is 1. The average molecular weight is 265 g/mol. The van der Waals surface area contributed by atoms with Crippen LogP contribution >= 0.6 is 11.3 Å². The normalized spacial score (nSPS) is 21.5. The molecule has 0 saturated carbocycles. The molecular weight excluding hydrogens is 246 g/mol. The first kappa shape index (κ1) is 13.3. The molecule has 3 nitrogen and oxygen atoms in total. The Morgan fingerprint density at radius 2 is 2.50 bits per heavy atom. The highest BCUT2D eigenvalue weighted by atomic mass is 32.1. The maximum Gasteiger partial charge on any atom is 0.328 e. The number of hydrogen-bond donors (Lipinski definition) is 1. The molecule has 0 radical (unpaired) electrons. The molecule has 0 aromatic carbocycles. The van der Waals surface area contributed by atoms with Crippen molar-refractivity contribution in [1.29, 1.82) is 0 Å². The van der Waals surface area contributed by atoms with Crippen LogP contribution in [-0.2, 0) is 11.3 Å². The van der Waals surface area contributed by atoms with Crippen LogP contribution in [0.4, 0.5) is 0 Å². The van der Waals surface area contributed by atoms with Gasteiger partial charge in [-0.25, -0.2) is 4.79 Å². The molecular formula is C14H19NO2S. The minimum atomic E-state index is -0.890. The molecule has 1 aliphatic rings. The maximum atomic E-state index is 10.5. The molecule has 2 heterocycles. The third-order valence-corrected chi connectivity index (χ3v) is 4.22. The van der Waals surface area contributed by atoms with E-state index in [9.17, 15) is 4.79 Å². The van der Waals surface area contributed by atoms with Gasteiger partial charge in [0.1, 0.15) is 0 Å². The molecule has 1 unspecified atom stereocenters. The Kier molecular flexibility index (Phi) is 4.55. The van der Waals surface area contributed by atoms with Gasteiger partial charge in [0.25, 0.3) is 0 Å². The zero-order valence-corrected chi connectivity index (χ0v) is 11.4. The summed E-state index contributed by atoms with van der Waals surface area (Å²) in [5.74, 6) is -0.115. The van der Waals surface area contributed by atoms with Crippen molar-refractivity contribution in [3.05, 3.63) is 28.0 Å². The number of piperidine rings is 1. The van der Waals surface area contributed by atoms with E-state index in [2.05, 4.69) is 11.8 Å². The number of carboxylic acids is 1. The summed E-state index contributed by atoms with van der Waals surface area (Å²) in [5, 5.41) is 10.7. The molecule has 1 atom stereocenters. The van der Waals surface area contributed by atoms with Gasteiger partial charge in [-0.3, -0.25) is 4.90 Å². The quantitative estimate of drug-likeness (QED) is 0.851. The first-order valence-corrected chi connectivity index (χ1v) is 7.23. The molecule has 1 N–H and O–H groups in total. The molecule has 1 aromatic heterocycles. The first-order chi connectivity index (χ1) is 8.65. The zero-order chi connectivity index (χ0) is 13.0. The third-order valence-electron chi connectivity index (χ3n) is 3.29. The SMILES string of the molecule is CC1CCCN(Cc2sccc2C=CC(=O)O)C1. The summed E-state index contributed by atoms with van der Waals surface area (Å²) >= 11 is 1.71. The molecule has 18 heavy (non-hydrogen) atoms. The first-order valence-electron chi connectivity index (χ1n) is 6.35. The fourth-order valence-corrected chi connectivity index (χ4v) is 3.33. The van der Waals surface area contributed by atoms with Crippen molar-refractivity contribution in [2.24, 2.45) is 5.92 Å². The fourth-order valence-electron chi connectivity index (χ4n) is 2.42. The molecule has 1 aromatic rings. The van der Waals surface area contributed by atoms with E-state index in [1.807, 2.05) is 11.4 Å².